The predicted octanol–water partition coefficient (Wildman–Crippen LogP) is -0.693. The molecule has 1 N–H and O–H groups in total. The van der Waals surface area contributed by atoms with E-state index in [2.05, 4.69) is 4.90 Å². The average molecular weight is 359 g/mol. The Morgan fingerprint density at radius 1 is 1.04 bits per heavy atom. The fourth-order valence-corrected chi connectivity index (χ4v) is 6.24. The van der Waals surface area contributed by atoms with E-state index in [1.807, 2.05) is 0 Å². The molecule has 1 atom stereocenters. The van der Waals surface area contributed by atoms with Crippen molar-refractivity contribution in [3.63, 3.8) is 0 Å². The zero-order valence-electron chi connectivity index (χ0n) is 14.8. The van der Waals surface area contributed by atoms with Crippen LogP contribution in [-0.4, -0.2) is 62.2 Å². The van der Waals surface area contributed by atoms with E-state index >= 15 is 0 Å². The quantitative estimate of drug-likeness (QED) is 0.612. The number of aliphatic hydroxyl groups excluding tert-OH is 1. The maximum Gasteiger partial charge on any atom is 0.0900 e. The van der Waals surface area contributed by atoms with Crippen LogP contribution in [0.4, 0.5) is 0 Å². The number of aliphatic hydroxyl groups is 1. The Hall–Kier alpha value is 0.130. The second-order valence-corrected chi connectivity index (χ2v) is 8.81. The van der Waals surface area contributed by atoms with Crippen LogP contribution < -0.4 is 12.4 Å². The molecular weight excluding hydrogens is 326 g/mol. The van der Waals surface area contributed by atoms with Crippen molar-refractivity contribution in [2.75, 3.05) is 46.1 Å². The zero-order valence-corrected chi connectivity index (χ0v) is 15.6. The highest BCUT2D eigenvalue weighted by Gasteiger charge is 2.50. The van der Waals surface area contributed by atoms with Gasteiger partial charge in [0.2, 0.25) is 0 Å². The molecule has 24 heavy (non-hydrogen) atoms. The Labute approximate surface area is 152 Å². The van der Waals surface area contributed by atoms with Gasteiger partial charge in [-0.25, -0.2) is 0 Å². The van der Waals surface area contributed by atoms with Crippen LogP contribution in [0, 0.1) is 23.2 Å². The number of nitrogens with zero attached hydrogens (tertiary/aromatic N) is 1. The van der Waals surface area contributed by atoms with E-state index in [1.165, 1.54) is 44.9 Å². The van der Waals surface area contributed by atoms with Crippen molar-refractivity contribution >= 4 is 0 Å². The van der Waals surface area contributed by atoms with Crippen molar-refractivity contribution in [1.29, 1.82) is 0 Å². The standard InChI is InChI=1S/C19H33NO3.ClH/c21-18(13-20-2-5-22-6-3-20)14-23-4-1-19-10-15-7-16(11-19)9-17(8-15)12-19;/h15-18,21H,1-14H2;1H/p-1. The van der Waals surface area contributed by atoms with Gasteiger partial charge in [-0.1, -0.05) is 0 Å². The first-order chi connectivity index (χ1) is 11.2. The topological polar surface area (TPSA) is 41.9 Å². The Kier molecular flexibility index (Phi) is 6.47. The molecule has 5 fully saturated rings. The van der Waals surface area contributed by atoms with Crippen LogP contribution in [0.15, 0.2) is 0 Å². The normalized spacial score (nSPS) is 39.6. The van der Waals surface area contributed by atoms with Crippen molar-refractivity contribution < 1.29 is 27.0 Å². The summed E-state index contributed by atoms with van der Waals surface area (Å²) in [5.41, 5.74) is 0.601. The van der Waals surface area contributed by atoms with Crippen LogP contribution in [0.3, 0.4) is 0 Å². The second-order valence-electron chi connectivity index (χ2n) is 8.81. The van der Waals surface area contributed by atoms with Gasteiger partial charge in [-0.2, -0.15) is 0 Å². The summed E-state index contributed by atoms with van der Waals surface area (Å²) in [6, 6.07) is 0. The van der Waals surface area contributed by atoms with E-state index in [0.29, 0.717) is 12.0 Å². The molecule has 0 aromatic heterocycles. The molecule has 4 saturated carbocycles. The highest BCUT2D eigenvalue weighted by molar-refractivity contribution is 5.01. The highest BCUT2D eigenvalue weighted by atomic mass is 35.5. The van der Waals surface area contributed by atoms with E-state index in [-0.39, 0.29) is 18.5 Å². The molecule has 4 nitrogen and oxygen atoms in total. The molecule has 5 rings (SSSR count). The van der Waals surface area contributed by atoms with Crippen LogP contribution in [0.1, 0.15) is 44.9 Å². The SMILES string of the molecule is OC(COCCC12CC3CC(CC(C3)C1)C2)CN1CCOCC1.[Cl-]. The first-order valence-electron chi connectivity index (χ1n) is 9.77. The fourth-order valence-electron chi connectivity index (χ4n) is 6.24. The predicted molar refractivity (Wildman–Crippen MR) is 89.3 cm³/mol. The molecule has 0 aromatic rings. The van der Waals surface area contributed by atoms with E-state index in [0.717, 1.165) is 57.2 Å². The summed E-state index contributed by atoms with van der Waals surface area (Å²) >= 11 is 0. The third-order valence-corrected chi connectivity index (χ3v) is 6.82. The van der Waals surface area contributed by atoms with Crippen molar-refractivity contribution in [3.05, 3.63) is 0 Å². The summed E-state index contributed by atoms with van der Waals surface area (Å²) < 4.78 is 11.2. The number of ether oxygens (including phenoxy) is 2. The molecule has 0 aromatic carbocycles. The molecule has 1 heterocycles. The molecule has 5 heteroatoms. The zero-order chi connectivity index (χ0) is 15.7. The number of halogens is 1. The molecule has 5 aliphatic rings. The van der Waals surface area contributed by atoms with Crippen LogP contribution in [-0.2, 0) is 9.47 Å². The van der Waals surface area contributed by atoms with E-state index in [1.54, 1.807) is 0 Å². The smallest absolute Gasteiger partial charge is 0.0900 e. The number of β-amino-alcohol motifs (C(OH)–C–C–N with tert-alkyl or cyclic N) is 1. The largest absolute Gasteiger partial charge is 1.00 e. The van der Waals surface area contributed by atoms with Crippen LogP contribution in [0.2, 0.25) is 0 Å². The fraction of sp³-hybridized carbons (Fsp3) is 1.00. The minimum absolute atomic E-state index is 0. The number of hydrogen-bond donors (Lipinski definition) is 1. The van der Waals surface area contributed by atoms with E-state index in [9.17, 15) is 5.11 Å². The lowest BCUT2D eigenvalue weighted by atomic mass is 9.49. The van der Waals surface area contributed by atoms with Gasteiger partial charge in [0.25, 0.3) is 0 Å². The van der Waals surface area contributed by atoms with Gasteiger partial charge in [0.15, 0.2) is 0 Å². The Morgan fingerprint density at radius 3 is 2.21 bits per heavy atom. The molecule has 0 amide bonds. The van der Waals surface area contributed by atoms with Crippen LogP contribution in [0.25, 0.3) is 0 Å². The van der Waals surface area contributed by atoms with Gasteiger partial charge in [0.05, 0.1) is 25.9 Å². The first kappa shape index (κ1) is 18.9. The van der Waals surface area contributed by atoms with Gasteiger partial charge in [0.1, 0.15) is 0 Å². The Morgan fingerprint density at radius 2 is 1.62 bits per heavy atom. The van der Waals surface area contributed by atoms with Gasteiger partial charge < -0.3 is 27.0 Å². The summed E-state index contributed by atoms with van der Waals surface area (Å²) in [4.78, 5) is 2.27. The first-order valence-corrected chi connectivity index (χ1v) is 9.77. The van der Waals surface area contributed by atoms with E-state index in [4.69, 9.17) is 9.47 Å². The molecule has 140 valence electrons. The van der Waals surface area contributed by atoms with Crippen molar-refractivity contribution in [1.82, 2.24) is 4.90 Å². The second kappa shape index (κ2) is 8.22. The van der Waals surface area contributed by atoms with Gasteiger partial charge in [-0.05, 0) is 68.1 Å². The molecule has 1 aliphatic heterocycles. The molecule has 0 spiro atoms. The summed E-state index contributed by atoms with van der Waals surface area (Å²) in [5.74, 6) is 3.06. The molecule has 4 bridgehead atoms. The number of rotatable bonds is 7. The Bertz CT molecular complexity index is 365. The lowest BCUT2D eigenvalue weighted by Gasteiger charge is -2.57. The monoisotopic (exact) mass is 358 g/mol. The minimum Gasteiger partial charge on any atom is -1.00 e. The third kappa shape index (κ3) is 4.45. The van der Waals surface area contributed by atoms with Crippen molar-refractivity contribution in [2.45, 2.75) is 51.0 Å². The van der Waals surface area contributed by atoms with Gasteiger partial charge >= 0.3 is 0 Å². The number of morpholine rings is 1. The van der Waals surface area contributed by atoms with Crippen molar-refractivity contribution in [3.8, 4) is 0 Å². The summed E-state index contributed by atoms with van der Waals surface area (Å²) in [6.45, 7) is 5.50. The van der Waals surface area contributed by atoms with Gasteiger partial charge in [-0.15, -0.1) is 0 Å². The molecule has 1 saturated heterocycles. The number of hydrogen-bond acceptors (Lipinski definition) is 4. The average Bonchev–Trinajstić information content (AvgIpc) is 2.51. The maximum atomic E-state index is 10.2. The minimum atomic E-state index is -0.357. The molecule has 4 aliphatic carbocycles. The lowest BCUT2D eigenvalue weighted by molar-refractivity contribution is -0.0751. The third-order valence-electron chi connectivity index (χ3n) is 6.82. The van der Waals surface area contributed by atoms with Crippen molar-refractivity contribution in [2.24, 2.45) is 23.2 Å². The highest BCUT2D eigenvalue weighted by Crippen LogP contribution is 2.61. The Balaban J connectivity index is 0.00000169. The summed E-state index contributed by atoms with van der Waals surface area (Å²) in [7, 11) is 0. The van der Waals surface area contributed by atoms with Gasteiger partial charge in [-0.3, -0.25) is 4.90 Å². The van der Waals surface area contributed by atoms with E-state index < -0.39 is 0 Å². The lowest BCUT2D eigenvalue weighted by Crippen LogP contribution is -3.00. The molecular formula is C19H33ClNO3-. The van der Waals surface area contributed by atoms with Crippen LogP contribution in [0.5, 0.6) is 0 Å². The molecule has 1 unspecified atom stereocenters. The summed E-state index contributed by atoms with van der Waals surface area (Å²) in [6.07, 6.45) is 9.77. The van der Waals surface area contributed by atoms with Crippen LogP contribution >= 0.6 is 0 Å². The maximum absolute atomic E-state index is 10.2. The molecule has 0 radical (unpaired) electrons. The summed E-state index contributed by atoms with van der Waals surface area (Å²) in [5, 5.41) is 10.2. The van der Waals surface area contributed by atoms with Gasteiger partial charge in [0, 0.05) is 26.2 Å².